The lowest BCUT2D eigenvalue weighted by Gasteiger charge is -2.14. The largest absolute Gasteiger partial charge is 0.393 e. The molecule has 4 nitrogen and oxygen atoms in total. The Labute approximate surface area is 135 Å². The molecule has 22 heavy (non-hydrogen) atoms. The van der Waals surface area contributed by atoms with Crippen molar-refractivity contribution in [2.45, 2.75) is 45.6 Å². The molecule has 1 aromatic heterocycles. The summed E-state index contributed by atoms with van der Waals surface area (Å²) >= 11 is 1.70. The van der Waals surface area contributed by atoms with E-state index in [1.807, 2.05) is 32.0 Å². The van der Waals surface area contributed by atoms with Crippen LogP contribution < -0.4 is 5.32 Å². The minimum Gasteiger partial charge on any atom is -0.393 e. The van der Waals surface area contributed by atoms with Crippen LogP contribution >= 0.6 is 11.3 Å². The molecule has 0 aliphatic carbocycles. The molecule has 2 aromatic rings. The third-order valence-corrected chi connectivity index (χ3v) is 4.76. The van der Waals surface area contributed by atoms with Gasteiger partial charge >= 0.3 is 0 Å². The van der Waals surface area contributed by atoms with E-state index >= 15 is 0 Å². The van der Waals surface area contributed by atoms with Gasteiger partial charge in [-0.1, -0.05) is 26.0 Å². The molecule has 0 bridgehead atoms. The number of carbonyl (C=O) groups is 1. The normalized spacial score (nSPS) is 12.7. The highest BCUT2D eigenvalue weighted by Crippen LogP contribution is 2.22. The Kier molecular flexibility index (Phi) is 6.34. The Balaban J connectivity index is 1.66. The molecule has 5 heteroatoms. The highest BCUT2D eigenvalue weighted by Gasteiger charge is 2.10. The lowest BCUT2D eigenvalue weighted by Crippen LogP contribution is -2.28. The molecular weight excluding hydrogens is 296 g/mol. The molecule has 2 rings (SSSR count). The van der Waals surface area contributed by atoms with E-state index in [-0.39, 0.29) is 17.9 Å². The fraction of sp³-hybridized carbons (Fsp3) is 0.529. The summed E-state index contributed by atoms with van der Waals surface area (Å²) in [5.74, 6) is 0.285. The molecular formula is C17H24N2O2S. The smallest absolute Gasteiger partial charge is 0.220 e. The van der Waals surface area contributed by atoms with E-state index < -0.39 is 0 Å². The number of aliphatic hydroxyl groups excluding tert-OH is 1. The van der Waals surface area contributed by atoms with Gasteiger partial charge in [0.15, 0.2) is 0 Å². The number of hydrogen-bond acceptors (Lipinski definition) is 4. The monoisotopic (exact) mass is 320 g/mol. The Morgan fingerprint density at radius 3 is 2.86 bits per heavy atom. The van der Waals surface area contributed by atoms with Gasteiger partial charge in [-0.2, -0.15) is 0 Å². The number of aryl methyl sites for hydroxylation is 1. The first kappa shape index (κ1) is 16.9. The average molecular weight is 320 g/mol. The van der Waals surface area contributed by atoms with Crippen molar-refractivity contribution in [3.05, 3.63) is 29.3 Å². The van der Waals surface area contributed by atoms with E-state index in [1.54, 1.807) is 11.3 Å². The Hall–Kier alpha value is -1.46. The summed E-state index contributed by atoms with van der Waals surface area (Å²) in [7, 11) is 0. The highest BCUT2D eigenvalue weighted by molar-refractivity contribution is 7.18. The number of nitrogens with one attached hydrogen (secondary N) is 1. The van der Waals surface area contributed by atoms with E-state index in [0.717, 1.165) is 23.4 Å². The lowest BCUT2D eigenvalue weighted by atomic mass is 10.0. The van der Waals surface area contributed by atoms with E-state index in [0.29, 0.717) is 19.4 Å². The van der Waals surface area contributed by atoms with Crippen LogP contribution in [0.1, 0.15) is 38.1 Å². The first-order chi connectivity index (χ1) is 10.6. The quantitative estimate of drug-likeness (QED) is 0.785. The molecule has 0 saturated heterocycles. The lowest BCUT2D eigenvalue weighted by molar-refractivity contribution is -0.121. The summed E-state index contributed by atoms with van der Waals surface area (Å²) in [5.41, 5.74) is 1.04. The average Bonchev–Trinajstić information content (AvgIpc) is 2.89. The minimum absolute atomic E-state index is 0.0528. The fourth-order valence-electron chi connectivity index (χ4n) is 2.21. The summed E-state index contributed by atoms with van der Waals surface area (Å²) in [6.07, 6.45) is 2.41. The SMILES string of the molecule is CC(C)C(O)CCNC(=O)CCCc1nc2ccccc2s1. The van der Waals surface area contributed by atoms with Crippen LogP contribution in [-0.2, 0) is 11.2 Å². The van der Waals surface area contributed by atoms with Crippen molar-refractivity contribution < 1.29 is 9.90 Å². The van der Waals surface area contributed by atoms with Crippen molar-refractivity contribution in [3.63, 3.8) is 0 Å². The number of aromatic nitrogens is 1. The summed E-state index contributed by atoms with van der Waals surface area (Å²) in [6.45, 7) is 4.49. The van der Waals surface area contributed by atoms with E-state index in [9.17, 15) is 9.90 Å². The Bertz CT molecular complexity index is 576. The topological polar surface area (TPSA) is 62.2 Å². The van der Waals surface area contributed by atoms with Crippen molar-refractivity contribution in [2.24, 2.45) is 5.92 Å². The summed E-state index contributed by atoms with van der Waals surface area (Å²) in [5, 5.41) is 13.6. The van der Waals surface area contributed by atoms with Gasteiger partial charge in [-0.05, 0) is 37.3 Å². The van der Waals surface area contributed by atoms with Gasteiger partial charge in [-0.25, -0.2) is 4.98 Å². The van der Waals surface area contributed by atoms with Gasteiger partial charge in [0, 0.05) is 13.0 Å². The zero-order valence-corrected chi connectivity index (χ0v) is 14.0. The van der Waals surface area contributed by atoms with Gasteiger partial charge in [-0.15, -0.1) is 11.3 Å². The summed E-state index contributed by atoms with van der Waals surface area (Å²) in [6, 6.07) is 8.10. The maximum atomic E-state index is 11.7. The van der Waals surface area contributed by atoms with Crippen LogP contribution in [0.3, 0.4) is 0 Å². The van der Waals surface area contributed by atoms with E-state index in [2.05, 4.69) is 16.4 Å². The number of benzene rings is 1. The van der Waals surface area contributed by atoms with E-state index in [4.69, 9.17) is 0 Å². The standard InChI is InChI=1S/C17H24N2O2S/c1-12(2)14(20)10-11-18-16(21)8-5-9-17-19-13-6-3-4-7-15(13)22-17/h3-4,6-7,12,14,20H,5,8-11H2,1-2H3,(H,18,21). The number of para-hydroxylation sites is 1. The van der Waals surface area contributed by atoms with Crippen LogP contribution in [0.4, 0.5) is 0 Å². The second-order valence-electron chi connectivity index (χ2n) is 5.88. The van der Waals surface area contributed by atoms with Crippen molar-refractivity contribution in [3.8, 4) is 0 Å². The zero-order valence-electron chi connectivity index (χ0n) is 13.2. The summed E-state index contributed by atoms with van der Waals surface area (Å²) in [4.78, 5) is 16.3. The molecule has 0 aliphatic rings. The third kappa shape index (κ3) is 5.07. The predicted octanol–water partition coefficient (Wildman–Crippen LogP) is 3.14. The minimum atomic E-state index is -0.344. The molecule has 1 amide bonds. The molecule has 0 radical (unpaired) electrons. The van der Waals surface area contributed by atoms with Crippen molar-refractivity contribution in [2.75, 3.05) is 6.54 Å². The van der Waals surface area contributed by atoms with E-state index in [1.165, 1.54) is 4.70 Å². The van der Waals surface area contributed by atoms with Crippen molar-refractivity contribution >= 4 is 27.5 Å². The Morgan fingerprint density at radius 2 is 2.14 bits per heavy atom. The van der Waals surface area contributed by atoms with Gasteiger partial charge in [-0.3, -0.25) is 4.79 Å². The van der Waals surface area contributed by atoms with Gasteiger partial charge in [0.25, 0.3) is 0 Å². The fourth-order valence-corrected chi connectivity index (χ4v) is 3.22. The van der Waals surface area contributed by atoms with Crippen LogP contribution in [0.5, 0.6) is 0 Å². The molecule has 1 atom stereocenters. The number of amides is 1. The second kappa shape index (κ2) is 8.25. The van der Waals surface area contributed by atoms with Gasteiger partial charge in [0.2, 0.25) is 5.91 Å². The van der Waals surface area contributed by atoms with Gasteiger partial charge < -0.3 is 10.4 Å². The highest BCUT2D eigenvalue weighted by atomic mass is 32.1. The predicted molar refractivity (Wildman–Crippen MR) is 91.0 cm³/mol. The molecule has 1 aromatic carbocycles. The third-order valence-electron chi connectivity index (χ3n) is 3.66. The molecule has 2 N–H and O–H groups in total. The molecule has 1 heterocycles. The molecule has 120 valence electrons. The van der Waals surface area contributed by atoms with Crippen molar-refractivity contribution in [1.82, 2.24) is 10.3 Å². The summed E-state index contributed by atoms with van der Waals surface area (Å²) < 4.78 is 1.20. The molecule has 0 spiro atoms. The Morgan fingerprint density at radius 1 is 1.36 bits per heavy atom. The first-order valence-corrected chi connectivity index (χ1v) is 8.67. The van der Waals surface area contributed by atoms with Crippen LogP contribution in [0.2, 0.25) is 0 Å². The van der Waals surface area contributed by atoms with Crippen LogP contribution in [0.15, 0.2) is 24.3 Å². The first-order valence-electron chi connectivity index (χ1n) is 7.85. The van der Waals surface area contributed by atoms with Crippen molar-refractivity contribution in [1.29, 1.82) is 0 Å². The number of hydrogen-bond donors (Lipinski definition) is 2. The van der Waals surface area contributed by atoms with Gasteiger partial charge in [0.05, 0.1) is 21.3 Å². The molecule has 1 unspecified atom stereocenters. The number of rotatable bonds is 8. The number of thiazole rings is 1. The number of fused-ring (bicyclic) bond motifs is 1. The number of aliphatic hydroxyl groups is 1. The zero-order chi connectivity index (χ0) is 15.9. The van der Waals surface area contributed by atoms with Gasteiger partial charge in [0.1, 0.15) is 0 Å². The van der Waals surface area contributed by atoms with Crippen LogP contribution in [0.25, 0.3) is 10.2 Å². The second-order valence-corrected chi connectivity index (χ2v) is 6.99. The molecule has 0 aliphatic heterocycles. The van der Waals surface area contributed by atoms with Crippen LogP contribution in [0, 0.1) is 5.92 Å². The number of nitrogens with zero attached hydrogens (tertiary/aromatic N) is 1. The molecule has 0 fully saturated rings. The maximum absolute atomic E-state index is 11.7. The number of carbonyl (C=O) groups excluding carboxylic acids is 1. The van der Waals surface area contributed by atoms with Crippen LogP contribution in [-0.4, -0.2) is 28.6 Å². The molecule has 0 saturated carbocycles. The maximum Gasteiger partial charge on any atom is 0.220 e.